The second kappa shape index (κ2) is 22.2. The number of aliphatic hydroxyl groups is 1. The van der Waals surface area contributed by atoms with Gasteiger partial charge in [-0.3, -0.25) is 38.0 Å². The molecule has 1 atom stereocenters. The number of aromatic nitrogens is 6. The van der Waals surface area contributed by atoms with E-state index in [0.717, 1.165) is 51.2 Å². The Bertz CT molecular complexity index is 1790. The first kappa shape index (κ1) is 45.9. The van der Waals surface area contributed by atoms with Crippen LogP contribution in [0, 0.1) is 11.8 Å². The molecule has 1 N–H and O–H groups in total. The van der Waals surface area contributed by atoms with Gasteiger partial charge in [-0.05, 0) is 79.6 Å². The van der Waals surface area contributed by atoms with Crippen LogP contribution in [0.1, 0.15) is 136 Å². The first-order valence-electron chi connectivity index (χ1n) is 18.3. The third kappa shape index (κ3) is 12.7. The number of nitrogens with zero attached hydrogens (tertiary/aromatic N) is 6. The number of ketones is 3. The number of ether oxygens (including phenoxy) is 3. The van der Waals surface area contributed by atoms with Gasteiger partial charge in [0, 0.05) is 43.8 Å². The molecule has 3 aromatic heterocycles. The fourth-order valence-corrected chi connectivity index (χ4v) is 5.40. The molecule has 3 aromatic rings. The summed E-state index contributed by atoms with van der Waals surface area (Å²) < 4.78 is 19.0. The molecule has 0 radical (unpaired) electrons. The van der Waals surface area contributed by atoms with Gasteiger partial charge in [-0.15, -0.1) is 0 Å². The van der Waals surface area contributed by atoms with Crippen molar-refractivity contribution in [2.24, 2.45) is 11.8 Å². The number of carbonyl (C=O) groups is 6. The van der Waals surface area contributed by atoms with Crippen molar-refractivity contribution in [3.63, 3.8) is 0 Å². The second-order valence-electron chi connectivity index (χ2n) is 13.8. The normalized spacial score (nSPS) is 13.7. The highest BCUT2D eigenvalue weighted by Gasteiger charge is 2.39. The summed E-state index contributed by atoms with van der Waals surface area (Å²) in [7, 11) is 4.89. The number of esters is 3. The Morgan fingerprint density at radius 2 is 1.16 bits per heavy atom. The predicted molar refractivity (Wildman–Crippen MR) is 201 cm³/mol. The van der Waals surface area contributed by atoms with Crippen LogP contribution in [0.4, 0.5) is 0 Å². The van der Waals surface area contributed by atoms with Crippen LogP contribution in [0.15, 0.2) is 48.3 Å². The Morgan fingerprint density at radius 3 is 1.55 bits per heavy atom. The molecule has 2 aliphatic rings. The van der Waals surface area contributed by atoms with Crippen LogP contribution in [0.25, 0.3) is 0 Å². The van der Waals surface area contributed by atoms with Crippen molar-refractivity contribution >= 4 is 35.3 Å². The van der Waals surface area contributed by atoms with Crippen LogP contribution in [0.5, 0.6) is 0 Å². The van der Waals surface area contributed by atoms with Gasteiger partial charge in [-0.2, -0.15) is 15.3 Å². The summed E-state index contributed by atoms with van der Waals surface area (Å²) in [5, 5.41) is 19.3. The first-order valence-corrected chi connectivity index (χ1v) is 18.3. The van der Waals surface area contributed by atoms with Gasteiger partial charge in [-0.1, -0.05) is 12.0 Å². The van der Waals surface area contributed by atoms with Crippen molar-refractivity contribution in [1.29, 1.82) is 0 Å². The number of aliphatic hydroxyl groups excluding tert-OH is 1. The quantitative estimate of drug-likeness (QED) is 0.0582. The maximum Gasteiger partial charge on any atom is 0.341 e. The highest BCUT2D eigenvalue weighted by Crippen LogP contribution is 2.36. The highest BCUT2D eigenvalue weighted by atomic mass is 16.5. The van der Waals surface area contributed by atoms with E-state index < -0.39 is 23.8 Å². The van der Waals surface area contributed by atoms with E-state index in [0.29, 0.717) is 16.7 Å². The number of Topliss-reactive ketones (excluding diaryl/α,β-unsaturated/α-hetero) is 3. The summed E-state index contributed by atoms with van der Waals surface area (Å²) in [6.07, 6.45) is 14.8. The SMILES string of the molecule is CO.COC(=O)C(C(=O)c1cnn(C(C)C)c1)=C1CCC1.COC(=O)C(C(=O)c1cnn(C(C)C)c1)C1CCC1.COC(=O)CC(=O)c1cnn(C(C)C)c1. The minimum Gasteiger partial charge on any atom is -0.469 e. The second-order valence-corrected chi connectivity index (χ2v) is 13.8. The van der Waals surface area contributed by atoms with Gasteiger partial charge >= 0.3 is 17.9 Å². The molecule has 0 aliphatic heterocycles. The van der Waals surface area contributed by atoms with E-state index in [1.54, 1.807) is 32.6 Å². The topological polar surface area (TPSA) is 204 Å². The van der Waals surface area contributed by atoms with Crippen molar-refractivity contribution < 1.29 is 48.1 Å². The van der Waals surface area contributed by atoms with E-state index in [1.165, 1.54) is 39.9 Å². The predicted octanol–water partition coefficient (Wildman–Crippen LogP) is 5.35. The molecule has 16 nitrogen and oxygen atoms in total. The fraction of sp³-hybridized carbons (Fsp3) is 0.564. The standard InChI is InChI=1S/C14H20N2O3.C14H18N2O3.C10H14N2O3.CH4O/c2*1-9(2)16-8-11(7-15-16)13(17)12(14(18)19-3)10-5-4-6-10;1-7(2)12-6-8(5-11-12)9(13)4-10(14)15-3;1-2/h7-10,12H,4-6H2,1-3H3;7-9H,4-6H2,1-3H3;5-7H,4H2,1-3H3;2H,1H3. The lowest BCUT2D eigenvalue weighted by Gasteiger charge is -2.30. The molecule has 2 aliphatic carbocycles. The van der Waals surface area contributed by atoms with Gasteiger partial charge in [0.1, 0.15) is 17.9 Å². The van der Waals surface area contributed by atoms with E-state index in [-0.39, 0.29) is 53.4 Å². The Kier molecular flexibility index (Phi) is 18.5. The molecule has 16 heteroatoms. The maximum absolute atomic E-state index is 12.5. The van der Waals surface area contributed by atoms with Crippen molar-refractivity contribution in [3.8, 4) is 0 Å². The van der Waals surface area contributed by atoms with Crippen molar-refractivity contribution in [3.05, 3.63) is 65.0 Å². The van der Waals surface area contributed by atoms with Crippen molar-refractivity contribution in [2.45, 2.75) is 105 Å². The summed E-state index contributed by atoms with van der Waals surface area (Å²) in [6.45, 7) is 11.9. The first-order chi connectivity index (χ1) is 26.1. The third-order valence-corrected chi connectivity index (χ3v) is 9.08. The molecule has 0 amide bonds. The molecule has 1 unspecified atom stereocenters. The minimum absolute atomic E-state index is 0.127. The van der Waals surface area contributed by atoms with Crippen LogP contribution in [0.2, 0.25) is 0 Å². The van der Waals surface area contributed by atoms with Crippen LogP contribution in [-0.2, 0) is 28.6 Å². The van der Waals surface area contributed by atoms with Crippen LogP contribution < -0.4 is 0 Å². The summed E-state index contributed by atoms with van der Waals surface area (Å²) in [5.74, 6) is -2.75. The number of rotatable bonds is 13. The minimum atomic E-state index is -0.663. The van der Waals surface area contributed by atoms with Gasteiger partial charge in [0.25, 0.3) is 0 Å². The zero-order valence-corrected chi connectivity index (χ0v) is 33.6. The van der Waals surface area contributed by atoms with Gasteiger partial charge in [0.2, 0.25) is 5.78 Å². The average Bonchev–Trinajstić information content (AvgIpc) is 3.93. The summed E-state index contributed by atoms with van der Waals surface area (Å²) in [6, 6.07) is 0.575. The van der Waals surface area contributed by atoms with Gasteiger partial charge < -0.3 is 19.3 Å². The molecule has 0 bridgehead atoms. The Balaban J connectivity index is 0.000000281. The monoisotopic (exact) mass is 768 g/mol. The smallest absolute Gasteiger partial charge is 0.341 e. The van der Waals surface area contributed by atoms with E-state index in [9.17, 15) is 28.8 Å². The summed E-state index contributed by atoms with van der Waals surface area (Å²) >= 11 is 0. The summed E-state index contributed by atoms with van der Waals surface area (Å²) in [5.41, 5.74) is 2.46. The Morgan fingerprint density at radius 1 is 0.691 bits per heavy atom. The van der Waals surface area contributed by atoms with Crippen LogP contribution >= 0.6 is 0 Å². The number of carbonyl (C=O) groups excluding carboxylic acids is 6. The molecule has 0 spiro atoms. The zero-order valence-electron chi connectivity index (χ0n) is 33.6. The molecule has 302 valence electrons. The maximum atomic E-state index is 12.5. The van der Waals surface area contributed by atoms with Gasteiger partial charge in [0.15, 0.2) is 11.6 Å². The number of hydrogen-bond donors (Lipinski definition) is 1. The van der Waals surface area contributed by atoms with E-state index in [4.69, 9.17) is 14.6 Å². The van der Waals surface area contributed by atoms with Crippen molar-refractivity contribution in [1.82, 2.24) is 29.3 Å². The van der Waals surface area contributed by atoms with E-state index in [1.807, 2.05) is 41.5 Å². The van der Waals surface area contributed by atoms with E-state index in [2.05, 4.69) is 20.0 Å². The molecule has 5 rings (SSSR count). The van der Waals surface area contributed by atoms with Gasteiger partial charge in [-0.25, -0.2) is 4.79 Å². The summed E-state index contributed by atoms with van der Waals surface area (Å²) in [4.78, 5) is 70.8. The molecule has 2 fully saturated rings. The van der Waals surface area contributed by atoms with E-state index >= 15 is 0 Å². The Labute approximate surface area is 322 Å². The van der Waals surface area contributed by atoms with Gasteiger partial charge in [0.05, 0.1) is 56.6 Å². The molecule has 0 saturated heterocycles. The fourth-order valence-electron chi connectivity index (χ4n) is 5.40. The highest BCUT2D eigenvalue weighted by molar-refractivity contribution is 6.24. The molecule has 2 saturated carbocycles. The number of hydrogen-bond acceptors (Lipinski definition) is 13. The lowest BCUT2D eigenvalue weighted by Crippen LogP contribution is -2.36. The molecule has 3 heterocycles. The average molecular weight is 769 g/mol. The Hall–Kier alpha value is -5.25. The third-order valence-electron chi connectivity index (χ3n) is 9.08. The number of allylic oxidation sites excluding steroid dienone is 1. The molecule has 55 heavy (non-hydrogen) atoms. The molecular weight excluding hydrogens is 712 g/mol. The van der Waals surface area contributed by atoms with Crippen molar-refractivity contribution in [2.75, 3.05) is 28.4 Å². The largest absolute Gasteiger partial charge is 0.469 e. The zero-order chi connectivity index (χ0) is 41.4. The van der Waals surface area contributed by atoms with Crippen LogP contribution in [-0.4, -0.2) is 98.1 Å². The lowest BCUT2D eigenvalue weighted by molar-refractivity contribution is -0.146. The number of methoxy groups -OCH3 is 3. The molecule has 0 aromatic carbocycles. The molecular formula is C39H56N6O10. The van der Waals surface area contributed by atoms with Crippen LogP contribution in [0.3, 0.4) is 0 Å². The lowest BCUT2D eigenvalue weighted by atomic mass is 9.73.